The number of esters is 1. The second-order valence-corrected chi connectivity index (χ2v) is 8.40. The largest absolute Gasteiger partial charge is 0.756 e. The van der Waals surface area contributed by atoms with E-state index < -0.39 is 26.5 Å². The number of carbonyl (C=O) groups excluding carboxylic acids is 1. The number of unbranched alkanes of at least 4 members (excludes halogenated alkanes) is 10. The third kappa shape index (κ3) is 18.8. The predicted molar refractivity (Wildman–Crippen MR) is 107 cm³/mol. The molecule has 3 N–H and O–H groups in total. The molecule has 0 aliphatic carbocycles. The zero-order valence-electron chi connectivity index (χ0n) is 17.3. The second-order valence-electron chi connectivity index (χ2n) is 6.99. The van der Waals surface area contributed by atoms with E-state index in [9.17, 15) is 19.4 Å². The Morgan fingerprint density at radius 2 is 1.50 bits per heavy atom. The van der Waals surface area contributed by atoms with Crippen LogP contribution < -0.4 is 10.6 Å². The molecule has 0 aromatic heterocycles. The summed E-state index contributed by atoms with van der Waals surface area (Å²) in [5.74, 6) is -0.403. The van der Waals surface area contributed by atoms with Gasteiger partial charge in [-0.15, -0.1) is 0 Å². The molecular formula is C19H39NO7P-. The minimum absolute atomic E-state index is 0.0365. The monoisotopic (exact) mass is 424 g/mol. The maximum Gasteiger partial charge on any atom is 0.305 e. The molecule has 0 rings (SSSR count). The molecule has 0 aliphatic heterocycles. The molecule has 1 unspecified atom stereocenters. The molecule has 0 saturated heterocycles. The highest BCUT2D eigenvalue weighted by atomic mass is 31.2. The van der Waals surface area contributed by atoms with Gasteiger partial charge in [-0.2, -0.15) is 0 Å². The van der Waals surface area contributed by atoms with Crippen molar-refractivity contribution in [1.29, 1.82) is 0 Å². The van der Waals surface area contributed by atoms with Crippen LogP contribution in [0.5, 0.6) is 0 Å². The fraction of sp³-hybridized carbons (Fsp3) is 0.947. The molecule has 28 heavy (non-hydrogen) atoms. The zero-order valence-corrected chi connectivity index (χ0v) is 18.2. The van der Waals surface area contributed by atoms with Crippen LogP contribution in [-0.2, 0) is 23.1 Å². The topological polar surface area (TPSA) is 131 Å². The van der Waals surface area contributed by atoms with Gasteiger partial charge in [0.05, 0.1) is 13.2 Å². The van der Waals surface area contributed by atoms with Gasteiger partial charge in [0.25, 0.3) is 7.82 Å². The summed E-state index contributed by atoms with van der Waals surface area (Å²) in [6.07, 6.45) is 12.3. The van der Waals surface area contributed by atoms with Crippen molar-refractivity contribution in [2.45, 2.75) is 90.1 Å². The van der Waals surface area contributed by atoms with Crippen molar-refractivity contribution in [1.82, 2.24) is 0 Å². The van der Waals surface area contributed by atoms with E-state index in [0.29, 0.717) is 6.42 Å². The molecule has 168 valence electrons. The van der Waals surface area contributed by atoms with Gasteiger partial charge in [0, 0.05) is 13.0 Å². The van der Waals surface area contributed by atoms with Gasteiger partial charge in [-0.3, -0.25) is 9.36 Å². The fourth-order valence-corrected chi connectivity index (χ4v) is 3.38. The first-order valence-corrected chi connectivity index (χ1v) is 12.0. The number of aliphatic hydroxyl groups is 1. The molecule has 0 amide bonds. The molecule has 0 heterocycles. The summed E-state index contributed by atoms with van der Waals surface area (Å²) in [7, 11) is -4.48. The van der Waals surface area contributed by atoms with Crippen molar-refractivity contribution < 1.29 is 33.1 Å². The Labute approximate surface area is 169 Å². The highest BCUT2D eigenvalue weighted by Crippen LogP contribution is 2.37. The van der Waals surface area contributed by atoms with Gasteiger partial charge in [-0.25, -0.2) is 0 Å². The molecular weight excluding hydrogens is 385 g/mol. The van der Waals surface area contributed by atoms with Crippen molar-refractivity contribution in [3.8, 4) is 0 Å². The number of rotatable bonds is 20. The van der Waals surface area contributed by atoms with Crippen LogP contribution in [0, 0.1) is 0 Å². The average Bonchev–Trinajstić information content (AvgIpc) is 2.67. The van der Waals surface area contributed by atoms with Gasteiger partial charge < -0.3 is 29.5 Å². The number of hydrogen-bond donors (Lipinski definition) is 2. The number of ether oxygens (including phenoxy) is 1. The Hall–Kier alpha value is -0.500. The van der Waals surface area contributed by atoms with Crippen LogP contribution in [0.1, 0.15) is 84.0 Å². The lowest BCUT2D eigenvalue weighted by molar-refractivity contribution is -0.227. The zero-order chi connectivity index (χ0) is 21.1. The summed E-state index contributed by atoms with van der Waals surface area (Å²) < 4.78 is 25.1. The smallest absolute Gasteiger partial charge is 0.305 e. The van der Waals surface area contributed by atoms with E-state index in [2.05, 4.69) is 16.0 Å². The van der Waals surface area contributed by atoms with Gasteiger partial charge in [0.1, 0.15) is 12.7 Å². The number of phosphoric acid groups is 1. The lowest BCUT2D eigenvalue weighted by Gasteiger charge is -2.23. The summed E-state index contributed by atoms with van der Waals surface area (Å²) in [4.78, 5) is 22.9. The summed E-state index contributed by atoms with van der Waals surface area (Å²) in [6, 6.07) is 0. The van der Waals surface area contributed by atoms with Gasteiger partial charge >= 0.3 is 5.97 Å². The number of aliphatic hydroxyl groups excluding tert-OH is 1. The maximum atomic E-state index is 11.6. The van der Waals surface area contributed by atoms with Gasteiger partial charge in [-0.05, 0) is 6.42 Å². The highest BCUT2D eigenvalue weighted by molar-refractivity contribution is 7.45. The molecule has 2 atom stereocenters. The summed E-state index contributed by atoms with van der Waals surface area (Å²) in [5.41, 5.74) is 5.13. The van der Waals surface area contributed by atoms with Crippen LogP contribution >= 0.6 is 7.82 Å². The number of hydrogen-bond acceptors (Lipinski definition) is 8. The van der Waals surface area contributed by atoms with E-state index in [1.54, 1.807) is 0 Å². The molecule has 0 radical (unpaired) electrons. The van der Waals surface area contributed by atoms with Gasteiger partial charge in [-0.1, -0.05) is 71.1 Å². The highest BCUT2D eigenvalue weighted by Gasteiger charge is 2.14. The Bertz CT molecular complexity index is 423. The third-order valence-electron chi connectivity index (χ3n) is 4.21. The van der Waals surface area contributed by atoms with Gasteiger partial charge in [0.2, 0.25) is 0 Å². The van der Waals surface area contributed by atoms with Crippen LogP contribution in [0.25, 0.3) is 0 Å². The first-order chi connectivity index (χ1) is 13.4. The molecule has 8 nitrogen and oxygen atoms in total. The van der Waals surface area contributed by atoms with E-state index in [1.165, 1.54) is 51.4 Å². The van der Waals surface area contributed by atoms with E-state index in [1.807, 2.05) is 0 Å². The van der Waals surface area contributed by atoms with E-state index in [4.69, 9.17) is 10.5 Å². The molecule has 0 aromatic carbocycles. The third-order valence-corrected chi connectivity index (χ3v) is 5.18. The first kappa shape index (κ1) is 27.5. The predicted octanol–water partition coefficient (Wildman–Crippen LogP) is 3.05. The molecule has 0 spiro atoms. The normalized spacial score (nSPS) is 14.6. The summed E-state index contributed by atoms with van der Waals surface area (Å²) >= 11 is 0. The number of nitrogens with two attached hydrogens (primary N) is 1. The number of phosphoric ester groups is 1. The minimum atomic E-state index is -4.48. The summed E-state index contributed by atoms with van der Waals surface area (Å²) in [6.45, 7) is 1.23. The fourth-order valence-electron chi connectivity index (χ4n) is 2.62. The molecule has 0 saturated carbocycles. The van der Waals surface area contributed by atoms with Crippen molar-refractivity contribution in [2.24, 2.45) is 5.73 Å². The molecule has 0 bridgehead atoms. The Morgan fingerprint density at radius 3 is 2.04 bits per heavy atom. The van der Waals surface area contributed by atoms with Crippen LogP contribution in [0.2, 0.25) is 0 Å². The maximum absolute atomic E-state index is 11.6. The van der Waals surface area contributed by atoms with Crippen LogP contribution in [0.15, 0.2) is 0 Å². The Kier molecular flexibility index (Phi) is 18.2. The van der Waals surface area contributed by atoms with Crippen molar-refractivity contribution >= 4 is 13.8 Å². The summed E-state index contributed by atoms with van der Waals surface area (Å²) in [5, 5.41) is 9.60. The second kappa shape index (κ2) is 18.5. The standard InChI is InChI=1S/C19H40NO7P/c1-2-3-4-5-6-7-8-9-10-11-12-13-19(22)25-16-18(21)17-27-28(23,24)26-15-14-20/h18,21H,2-17,20H2,1H3,(H,23,24)/p-1/t18-/m1/s1. The van der Waals surface area contributed by atoms with Crippen molar-refractivity contribution in [3.63, 3.8) is 0 Å². The van der Waals surface area contributed by atoms with Crippen LogP contribution in [-0.4, -0.2) is 43.5 Å². The molecule has 0 aliphatic rings. The lowest BCUT2D eigenvalue weighted by atomic mass is 10.1. The molecule has 0 fully saturated rings. The lowest BCUT2D eigenvalue weighted by Crippen LogP contribution is -2.25. The number of carbonyl (C=O) groups is 1. The van der Waals surface area contributed by atoms with E-state index in [0.717, 1.165) is 19.3 Å². The van der Waals surface area contributed by atoms with E-state index >= 15 is 0 Å². The van der Waals surface area contributed by atoms with Crippen LogP contribution in [0.4, 0.5) is 0 Å². The Morgan fingerprint density at radius 1 is 0.964 bits per heavy atom. The van der Waals surface area contributed by atoms with Crippen molar-refractivity contribution in [3.05, 3.63) is 0 Å². The molecule has 9 heteroatoms. The quantitative estimate of drug-likeness (QED) is 0.173. The van der Waals surface area contributed by atoms with Crippen molar-refractivity contribution in [2.75, 3.05) is 26.4 Å². The first-order valence-electron chi connectivity index (χ1n) is 10.5. The van der Waals surface area contributed by atoms with Crippen LogP contribution in [0.3, 0.4) is 0 Å². The molecule has 0 aromatic rings. The minimum Gasteiger partial charge on any atom is -0.756 e. The van der Waals surface area contributed by atoms with E-state index in [-0.39, 0.29) is 19.8 Å². The van der Waals surface area contributed by atoms with Gasteiger partial charge in [0.15, 0.2) is 0 Å². The Balaban J connectivity index is 3.51. The SMILES string of the molecule is CCCCCCCCCCCCCC(=O)OC[C@@H](O)COP(=O)([O-])OCCN. The average molecular weight is 424 g/mol.